The Morgan fingerprint density at radius 3 is 2.30 bits per heavy atom. The fourth-order valence-electron chi connectivity index (χ4n) is 2.83. The van der Waals surface area contributed by atoms with Gasteiger partial charge in [0.25, 0.3) is 0 Å². The summed E-state index contributed by atoms with van der Waals surface area (Å²) in [6, 6.07) is 7.76. The van der Waals surface area contributed by atoms with Crippen LogP contribution in [0, 0.1) is 5.41 Å². The molecule has 1 aliphatic rings. The Balaban J connectivity index is 1.97. The van der Waals surface area contributed by atoms with E-state index in [9.17, 15) is 4.79 Å². The minimum atomic E-state index is -0.477. The predicted octanol–water partition coefficient (Wildman–Crippen LogP) is 3.66. The highest BCUT2D eigenvalue weighted by atomic mass is 16.2. The molecule has 1 amide bonds. The van der Waals surface area contributed by atoms with Gasteiger partial charge < -0.3 is 11.1 Å². The van der Waals surface area contributed by atoms with Crippen LogP contribution in [0.3, 0.4) is 0 Å². The zero-order valence-electron chi connectivity index (χ0n) is 12.8. The molecule has 1 aliphatic carbocycles. The van der Waals surface area contributed by atoms with Crippen molar-refractivity contribution in [1.29, 1.82) is 0 Å². The van der Waals surface area contributed by atoms with Crippen LogP contribution in [0.5, 0.6) is 0 Å². The van der Waals surface area contributed by atoms with Gasteiger partial charge in [-0.1, -0.05) is 26.0 Å². The van der Waals surface area contributed by atoms with Crippen molar-refractivity contribution in [2.45, 2.75) is 58.4 Å². The van der Waals surface area contributed by atoms with Gasteiger partial charge in [-0.2, -0.15) is 0 Å². The molecule has 2 rings (SSSR count). The van der Waals surface area contributed by atoms with E-state index in [-0.39, 0.29) is 5.91 Å². The summed E-state index contributed by atoms with van der Waals surface area (Å²) < 4.78 is 0. The molecular weight excluding hydrogens is 248 g/mol. The van der Waals surface area contributed by atoms with Crippen LogP contribution >= 0.6 is 0 Å². The first-order chi connectivity index (χ1) is 9.37. The van der Waals surface area contributed by atoms with Crippen molar-refractivity contribution < 1.29 is 4.79 Å². The van der Waals surface area contributed by atoms with Crippen LogP contribution in [0.2, 0.25) is 0 Å². The molecule has 0 saturated heterocycles. The van der Waals surface area contributed by atoms with E-state index in [1.807, 2.05) is 12.1 Å². The molecule has 1 unspecified atom stereocenters. The lowest BCUT2D eigenvalue weighted by atomic mass is 9.71. The number of carbonyl (C=O) groups excluding carboxylic acids is 1. The Labute approximate surface area is 121 Å². The zero-order chi connectivity index (χ0) is 14.8. The van der Waals surface area contributed by atoms with Gasteiger partial charge in [-0.15, -0.1) is 0 Å². The molecule has 0 aliphatic heterocycles. The number of rotatable bonds is 3. The molecule has 110 valence electrons. The van der Waals surface area contributed by atoms with Crippen molar-refractivity contribution in [3.8, 4) is 0 Å². The summed E-state index contributed by atoms with van der Waals surface area (Å²) in [4.78, 5) is 11.5. The van der Waals surface area contributed by atoms with Gasteiger partial charge in [0.05, 0.1) is 6.04 Å². The summed E-state index contributed by atoms with van der Waals surface area (Å²) in [5.74, 6) is 0.526. The fraction of sp³-hybridized carbons (Fsp3) is 0.588. The normalized spacial score (nSPS) is 20.4. The number of nitrogens with two attached hydrogens (primary N) is 1. The minimum Gasteiger partial charge on any atom is -0.325 e. The van der Waals surface area contributed by atoms with E-state index in [0.29, 0.717) is 11.3 Å². The monoisotopic (exact) mass is 274 g/mol. The molecule has 1 aromatic carbocycles. The highest BCUT2D eigenvalue weighted by Crippen LogP contribution is 2.42. The fourth-order valence-corrected chi connectivity index (χ4v) is 2.83. The van der Waals surface area contributed by atoms with Crippen LogP contribution in [0.25, 0.3) is 0 Å². The summed E-state index contributed by atoms with van der Waals surface area (Å²) in [5, 5.41) is 2.82. The molecule has 0 bridgehead atoms. The maximum absolute atomic E-state index is 11.5. The second kappa shape index (κ2) is 5.96. The molecule has 3 nitrogen and oxygen atoms in total. The van der Waals surface area contributed by atoms with Crippen LogP contribution in [-0.2, 0) is 4.79 Å². The number of carbonyl (C=O) groups is 1. The van der Waals surface area contributed by atoms with Gasteiger partial charge in [-0.25, -0.2) is 0 Å². The maximum atomic E-state index is 11.5. The van der Waals surface area contributed by atoms with E-state index < -0.39 is 6.04 Å². The summed E-state index contributed by atoms with van der Waals surface area (Å²) in [7, 11) is 0. The average Bonchev–Trinajstić information content (AvgIpc) is 2.39. The largest absolute Gasteiger partial charge is 0.325 e. The molecule has 3 heteroatoms. The molecule has 0 spiro atoms. The second-order valence-corrected chi connectivity index (χ2v) is 6.84. The second-order valence-electron chi connectivity index (χ2n) is 6.84. The number of nitrogens with one attached hydrogen (secondary N) is 1. The molecule has 3 N–H and O–H groups in total. The van der Waals surface area contributed by atoms with E-state index in [4.69, 9.17) is 5.73 Å². The van der Waals surface area contributed by atoms with Crippen molar-refractivity contribution in [2.75, 3.05) is 5.32 Å². The van der Waals surface area contributed by atoms with Crippen LogP contribution in [0.4, 0.5) is 5.69 Å². The topological polar surface area (TPSA) is 55.1 Å². The number of amides is 1. The SMILES string of the molecule is CC(N)C(=O)Nc1ccc(C2CCC(C)(C)CC2)cc1. The van der Waals surface area contributed by atoms with Gasteiger partial charge in [0.15, 0.2) is 0 Å². The Morgan fingerprint density at radius 2 is 1.80 bits per heavy atom. The molecule has 0 aromatic heterocycles. The quantitative estimate of drug-likeness (QED) is 0.884. The van der Waals surface area contributed by atoms with Crippen molar-refractivity contribution in [1.82, 2.24) is 0 Å². The van der Waals surface area contributed by atoms with Gasteiger partial charge in [-0.05, 0) is 61.6 Å². The Hall–Kier alpha value is -1.35. The lowest BCUT2D eigenvalue weighted by molar-refractivity contribution is -0.117. The molecule has 1 saturated carbocycles. The van der Waals surface area contributed by atoms with Crippen LogP contribution in [0.15, 0.2) is 24.3 Å². The highest BCUT2D eigenvalue weighted by molar-refractivity contribution is 5.94. The van der Waals surface area contributed by atoms with Crippen molar-refractivity contribution >= 4 is 11.6 Å². The molecule has 1 fully saturated rings. The first-order valence-corrected chi connectivity index (χ1v) is 7.54. The predicted molar refractivity (Wildman–Crippen MR) is 83.7 cm³/mol. The third-order valence-electron chi connectivity index (χ3n) is 4.40. The smallest absolute Gasteiger partial charge is 0.240 e. The van der Waals surface area contributed by atoms with E-state index in [1.165, 1.54) is 31.2 Å². The van der Waals surface area contributed by atoms with Gasteiger partial charge in [-0.3, -0.25) is 4.79 Å². The number of benzene rings is 1. The first-order valence-electron chi connectivity index (χ1n) is 7.54. The zero-order valence-corrected chi connectivity index (χ0v) is 12.8. The van der Waals surface area contributed by atoms with Crippen molar-refractivity contribution in [3.63, 3.8) is 0 Å². The number of hydrogen-bond acceptors (Lipinski definition) is 2. The van der Waals surface area contributed by atoms with Crippen molar-refractivity contribution in [3.05, 3.63) is 29.8 Å². The number of hydrogen-bond donors (Lipinski definition) is 2. The van der Waals surface area contributed by atoms with E-state index in [0.717, 1.165) is 5.69 Å². The molecule has 0 heterocycles. The third kappa shape index (κ3) is 3.83. The van der Waals surface area contributed by atoms with Crippen LogP contribution in [-0.4, -0.2) is 11.9 Å². The third-order valence-corrected chi connectivity index (χ3v) is 4.40. The standard InChI is InChI=1S/C17H26N2O/c1-12(18)16(20)19-15-6-4-13(5-7-15)14-8-10-17(2,3)11-9-14/h4-7,12,14H,8-11,18H2,1-3H3,(H,19,20). The minimum absolute atomic E-state index is 0.142. The van der Waals surface area contributed by atoms with Crippen LogP contribution in [0.1, 0.15) is 57.9 Å². The Morgan fingerprint density at radius 1 is 1.25 bits per heavy atom. The summed E-state index contributed by atoms with van der Waals surface area (Å²) in [6.07, 6.45) is 5.11. The molecule has 1 aromatic rings. The maximum Gasteiger partial charge on any atom is 0.240 e. The average molecular weight is 274 g/mol. The van der Waals surface area contributed by atoms with Gasteiger partial charge >= 0.3 is 0 Å². The first kappa shape index (κ1) is 15.0. The van der Waals surface area contributed by atoms with E-state index >= 15 is 0 Å². The van der Waals surface area contributed by atoms with E-state index in [2.05, 4.69) is 31.3 Å². The molecule has 20 heavy (non-hydrogen) atoms. The van der Waals surface area contributed by atoms with Gasteiger partial charge in [0.2, 0.25) is 5.91 Å². The van der Waals surface area contributed by atoms with Crippen LogP contribution < -0.4 is 11.1 Å². The summed E-state index contributed by atoms with van der Waals surface area (Å²) >= 11 is 0. The highest BCUT2D eigenvalue weighted by Gasteiger charge is 2.27. The molecule has 1 atom stereocenters. The Kier molecular flexibility index (Phi) is 4.48. The Bertz CT molecular complexity index is 452. The molecule has 0 radical (unpaired) electrons. The van der Waals surface area contributed by atoms with Gasteiger partial charge in [0, 0.05) is 5.69 Å². The lowest BCUT2D eigenvalue weighted by Crippen LogP contribution is -2.32. The molecular formula is C17H26N2O. The summed E-state index contributed by atoms with van der Waals surface area (Å²) in [5.41, 5.74) is 8.26. The number of anilines is 1. The summed E-state index contributed by atoms with van der Waals surface area (Å²) in [6.45, 7) is 6.40. The van der Waals surface area contributed by atoms with E-state index in [1.54, 1.807) is 6.92 Å². The van der Waals surface area contributed by atoms with Gasteiger partial charge in [0.1, 0.15) is 0 Å². The lowest BCUT2D eigenvalue weighted by Gasteiger charge is -2.34. The van der Waals surface area contributed by atoms with Crippen molar-refractivity contribution in [2.24, 2.45) is 11.1 Å².